The van der Waals surface area contributed by atoms with Crippen LogP contribution in [0.1, 0.15) is 25.7 Å². The summed E-state index contributed by atoms with van der Waals surface area (Å²) in [6.45, 7) is 0. The highest BCUT2D eigenvalue weighted by atomic mass is 32.1. The predicted molar refractivity (Wildman–Crippen MR) is 52.2 cm³/mol. The predicted octanol–water partition coefficient (Wildman–Crippen LogP) is 1.77. The van der Waals surface area contributed by atoms with Crippen LogP contribution in [-0.4, -0.2) is 22.7 Å². The lowest BCUT2D eigenvalue weighted by molar-refractivity contribution is 0.153. The molecule has 0 unspecified atom stereocenters. The van der Waals surface area contributed by atoms with E-state index in [1.54, 1.807) is 0 Å². The molecule has 0 spiro atoms. The summed E-state index contributed by atoms with van der Waals surface area (Å²) < 4.78 is 0. The molecule has 0 fully saturated rings. The number of rotatable bonds is 6. The van der Waals surface area contributed by atoms with Crippen molar-refractivity contribution >= 4 is 25.3 Å². The number of aliphatic hydroxyl groups excluding tert-OH is 1. The number of hydrogen-bond acceptors (Lipinski definition) is 3. The molecule has 0 aliphatic rings. The molecule has 0 aromatic heterocycles. The fourth-order valence-corrected chi connectivity index (χ4v) is 1.16. The number of aliphatic hydroxyl groups is 1. The van der Waals surface area contributed by atoms with Crippen molar-refractivity contribution in [3.8, 4) is 0 Å². The quantitative estimate of drug-likeness (QED) is 0.532. The summed E-state index contributed by atoms with van der Waals surface area (Å²) in [5, 5.41) is 9.24. The molecule has 0 atom stereocenters. The molecular formula is C7H16OS2. The van der Waals surface area contributed by atoms with E-state index >= 15 is 0 Å². The van der Waals surface area contributed by atoms with Crippen LogP contribution in [0.15, 0.2) is 0 Å². The monoisotopic (exact) mass is 180 g/mol. The first-order valence-corrected chi connectivity index (χ1v) is 4.97. The van der Waals surface area contributed by atoms with Gasteiger partial charge in [-0.2, -0.15) is 25.3 Å². The van der Waals surface area contributed by atoms with Gasteiger partial charge in [-0.05, 0) is 37.2 Å². The van der Waals surface area contributed by atoms with Gasteiger partial charge in [0.15, 0.2) is 0 Å². The second kappa shape index (κ2) is 7.76. The Morgan fingerprint density at radius 3 is 1.70 bits per heavy atom. The molecule has 0 saturated carbocycles. The summed E-state index contributed by atoms with van der Waals surface area (Å²) in [5.41, 5.74) is 0. The lowest BCUT2D eigenvalue weighted by atomic mass is 10.1. The summed E-state index contributed by atoms with van der Waals surface area (Å²) in [6.07, 6.45) is 3.67. The van der Waals surface area contributed by atoms with E-state index in [0.717, 1.165) is 37.2 Å². The third kappa shape index (κ3) is 6.78. The molecule has 0 bridgehead atoms. The molecule has 3 heteroatoms. The Kier molecular flexibility index (Phi) is 8.28. The highest BCUT2D eigenvalue weighted by molar-refractivity contribution is 7.80. The van der Waals surface area contributed by atoms with Gasteiger partial charge >= 0.3 is 0 Å². The number of thiol groups is 2. The van der Waals surface area contributed by atoms with Crippen LogP contribution in [0.5, 0.6) is 0 Å². The van der Waals surface area contributed by atoms with Crippen LogP contribution in [0.4, 0.5) is 0 Å². The SMILES string of the molecule is OC(CCCS)CCCS. The molecule has 0 aromatic carbocycles. The van der Waals surface area contributed by atoms with Gasteiger partial charge in [0.05, 0.1) is 6.10 Å². The third-order valence-corrected chi connectivity index (χ3v) is 2.02. The molecule has 0 heterocycles. The van der Waals surface area contributed by atoms with Crippen molar-refractivity contribution in [2.24, 2.45) is 0 Å². The molecule has 0 aromatic rings. The van der Waals surface area contributed by atoms with Crippen LogP contribution < -0.4 is 0 Å². The standard InChI is InChI=1S/C7H16OS2/c8-7(3-1-5-9)4-2-6-10/h7-10H,1-6H2. The van der Waals surface area contributed by atoms with Gasteiger partial charge in [-0.25, -0.2) is 0 Å². The van der Waals surface area contributed by atoms with E-state index < -0.39 is 0 Å². The molecule has 0 aliphatic carbocycles. The van der Waals surface area contributed by atoms with Crippen molar-refractivity contribution in [2.45, 2.75) is 31.8 Å². The van der Waals surface area contributed by atoms with Gasteiger partial charge < -0.3 is 5.11 Å². The fourth-order valence-electron chi connectivity index (χ4n) is 0.798. The zero-order chi connectivity index (χ0) is 7.82. The zero-order valence-electron chi connectivity index (χ0n) is 6.16. The normalized spacial score (nSPS) is 10.8. The highest BCUT2D eigenvalue weighted by Gasteiger charge is 2.00. The Morgan fingerprint density at radius 1 is 1.00 bits per heavy atom. The first-order chi connectivity index (χ1) is 4.81. The Balaban J connectivity index is 3.00. The number of hydrogen-bond donors (Lipinski definition) is 3. The maximum atomic E-state index is 9.24. The van der Waals surface area contributed by atoms with Crippen LogP contribution in [0.3, 0.4) is 0 Å². The van der Waals surface area contributed by atoms with Gasteiger partial charge in [-0.1, -0.05) is 0 Å². The van der Waals surface area contributed by atoms with E-state index in [1.807, 2.05) is 0 Å². The molecule has 0 saturated heterocycles. The molecule has 10 heavy (non-hydrogen) atoms. The Hall–Kier alpha value is 0.660. The van der Waals surface area contributed by atoms with Crippen LogP contribution in [-0.2, 0) is 0 Å². The van der Waals surface area contributed by atoms with E-state index in [1.165, 1.54) is 0 Å². The van der Waals surface area contributed by atoms with Gasteiger partial charge in [-0.15, -0.1) is 0 Å². The van der Waals surface area contributed by atoms with E-state index in [4.69, 9.17) is 0 Å². The molecule has 1 N–H and O–H groups in total. The van der Waals surface area contributed by atoms with E-state index in [-0.39, 0.29) is 6.10 Å². The Labute approximate surface area is 74.0 Å². The van der Waals surface area contributed by atoms with Crippen molar-refractivity contribution in [3.63, 3.8) is 0 Å². The second-order valence-electron chi connectivity index (χ2n) is 2.39. The summed E-state index contributed by atoms with van der Waals surface area (Å²) in [7, 11) is 0. The van der Waals surface area contributed by atoms with Crippen molar-refractivity contribution in [1.29, 1.82) is 0 Å². The van der Waals surface area contributed by atoms with Crippen LogP contribution in [0.25, 0.3) is 0 Å². The molecule has 62 valence electrons. The Morgan fingerprint density at radius 2 is 1.40 bits per heavy atom. The third-order valence-electron chi connectivity index (χ3n) is 1.39. The summed E-state index contributed by atoms with van der Waals surface area (Å²) in [6, 6.07) is 0. The minimum absolute atomic E-state index is 0.126. The fraction of sp³-hybridized carbons (Fsp3) is 1.00. The van der Waals surface area contributed by atoms with Crippen LogP contribution in [0.2, 0.25) is 0 Å². The van der Waals surface area contributed by atoms with E-state index in [9.17, 15) is 5.11 Å². The maximum absolute atomic E-state index is 9.24. The van der Waals surface area contributed by atoms with Gasteiger partial charge in [-0.3, -0.25) is 0 Å². The molecular weight excluding hydrogens is 164 g/mol. The van der Waals surface area contributed by atoms with Crippen molar-refractivity contribution in [1.82, 2.24) is 0 Å². The van der Waals surface area contributed by atoms with Crippen molar-refractivity contribution < 1.29 is 5.11 Å². The zero-order valence-corrected chi connectivity index (χ0v) is 7.95. The highest BCUT2D eigenvalue weighted by Crippen LogP contribution is 2.05. The van der Waals surface area contributed by atoms with Gasteiger partial charge in [0.25, 0.3) is 0 Å². The van der Waals surface area contributed by atoms with E-state index in [2.05, 4.69) is 25.3 Å². The Bertz CT molecular complexity index is 60.6. The minimum atomic E-state index is -0.126. The minimum Gasteiger partial charge on any atom is -0.393 e. The smallest absolute Gasteiger partial charge is 0.0540 e. The molecule has 0 radical (unpaired) electrons. The molecule has 0 amide bonds. The van der Waals surface area contributed by atoms with Gasteiger partial charge in [0.2, 0.25) is 0 Å². The van der Waals surface area contributed by atoms with Crippen molar-refractivity contribution in [2.75, 3.05) is 11.5 Å². The first-order valence-electron chi connectivity index (χ1n) is 3.71. The molecule has 1 nitrogen and oxygen atoms in total. The molecule has 0 aliphatic heterocycles. The van der Waals surface area contributed by atoms with Crippen LogP contribution in [0, 0.1) is 0 Å². The average Bonchev–Trinajstić information content (AvgIpc) is 1.97. The summed E-state index contributed by atoms with van der Waals surface area (Å²) >= 11 is 8.12. The second-order valence-corrected chi connectivity index (χ2v) is 3.28. The van der Waals surface area contributed by atoms with Crippen molar-refractivity contribution in [3.05, 3.63) is 0 Å². The van der Waals surface area contributed by atoms with Gasteiger partial charge in [0.1, 0.15) is 0 Å². The van der Waals surface area contributed by atoms with E-state index in [0.29, 0.717) is 0 Å². The molecule has 0 rings (SSSR count). The topological polar surface area (TPSA) is 20.2 Å². The summed E-state index contributed by atoms with van der Waals surface area (Å²) in [5.74, 6) is 1.75. The average molecular weight is 180 g/mol. The maximum Gasteiger partial charge on any atom is 0.0540 e. The lowest BCUT2D eigenvalue weighted by Crippen LogP contribution is -2.06. The summed E-state index contributed by atoms with van der Waals surface area (Å²) in [4.78, 5) is 0. The largest absolute Gasteiger partial charge is 0.393 e. The van der Waals surface area contributed by atoms with Gasteiger partial charge in [0, 0.05) is 0 Å². The first kappa shape index (κ1) is 10.7. The lowest BCUT2D eigenvalue weighted by Gasteiger charge is -2.07. The van der Waals surface area contributed by atoms with Crippen LogP contribution >= 0.6 is 25.3 Å².